The standard InChI is InChI=1S/C22H22N2O2/c1-17(2)24-15-20(14-23-24)21(25)13-12-19-10-6-7-11-22(19)26-16-18-8-4-3-5-9-18/h3-15,17H,16H2,1-2H3. The number of carbonyl (C=O) groups excluding carboxylic acids is 1. The van der Waals surface area contributed by atoms with Gasteiger partial charge in [-0.15, -0.1) is 0 Å². The first-order valence-electron chi connectivity index (χ1n) is 8.66. The Bertz CT molecular complexity index is 895. The molecule has 3 aromatic rings. The summed E-state index contributed by atoms with van der Waals surface area (Å²) in [5, 5.41) is 4.21. The smallest absolute Gasteiger partial charge is 0.189 e. The van der Waals surface area contributed by atoms with Crippen LogP contribution in [-0.2, 0) is 6.61 Å². The Morgan fingerprint density at radius 2 is 1.85 bits per heavy atom. The van der Waals surface area contributed by atoms with E-state index >= 15 is 0 Å². The first-order chi connectivity index (χ1) is 12.6. The van der Waals surface area contributed by atoms with Gasteiger partial charge in [-0.3, -0.25) is 9.48 Å². The molecule has 4 nitrogen and oxygen atoms in total. The zero-order valence-electron chi connectivity index (χ0n) is 15.0. The van der Waals surface area contributed by atoms with Crippen molar-refractivity contribution in [1.29, 1.82) is 0 Å². The van der Waals surface area contributed by atoms with Crippen LogP contribution in [0.2, 0.25) is 0 Å². The fourth-order valence-corrected chi connectivity index (χ4v) is 2.49. The number of ketones is 1. The minimum atomic E-state index is -0.0743. The third kappa shape index (κ3) is 4.48. The van der Waals surface area contributed by atoms with Crippen LogP contribution < -0.4 is 4.74 Å². The van der Waals surface area contributed by atoms with Crippen molar-refractivity contribution in [1.82, 2.24) is 9.78 Å². The molecular formula is C22H22N2O2. The largest absolute Gasteiger partial charge is 0.488 e. The zero-order chi connectivity index (χ0) is 18.4. The lowest BCUT2D eigenvalue weighted by atomic mass is 10.1. The van der Waals surface area contributed by atoms with Crippen LogP contribution in [0.4, 0.5) is 0 Å². The van der Waals surface area contributed by atoms with E-state index in [1.807, 2.05) is 68.4 Å². The monoisotopic (exact) mass is 346 g/mol. The van der Waals surface area contributed by atoms with E-state index in [9.17, 15) is 4.79 Å². The lowest BCUT2D eigenvalue weighted by Crippen LogP contribution is -2.00. The average molecular weight is 346 g/mol. The Hall–Kier alpha value is -3.14. The summed E-state index contributed by atoms with van der Waals surface area (Å²) in [7, 11) is 0. The quantitative estimate of drug-likeness (QED) is 0.450. The molecule has 0 amide bonds. The highest BCUT2D eigenvalue weighted by molar-refractivity contribution is 6.06. The summed E-state index contributed by atoms with van der Waals surface area (Å²) in [6.45, 7) is 4.54. The van der Waals surface area contributed by atoms with Crippen LogP contribution in [0.5, 0.6) is 5.75 Å². The summed E-state index contributed by atoms with van der Waals surface area (Å²) in [6.07, 6.45) is 6.72. The Labute approximate surface area is 153 Å². The van der Waals surface area contributed by atoms with Gasteiger partial charge in [0.2, 0.25) is 0 Å². The van der Waals surface area contributed by atoms with Gasteiger partial charge in [-0.25, -0.2) is 0 Å². The highest BCUT2D eigenvalue weighted by Gasteiger charge is 2.08. The van der Waals surface area contributed by atoms with E-state index in [2.05, 4.69) is 5.10 Å². The molecule has 3 rings (SSSR count). The highest BCUT2D eigenvalue weighted by atomic mass is 16.5. The molecule has 0 fully saturated rings. The van der Waals surface area contributed by atoms with E-state index in [0.29, 0.717) is 12.2 Å². The molecule has 0 saturated carbocycles. The van der Waals surface area contributed by atoms with Crippen molar-refractivity contribution >= 4 is 11.9 Å². The van der Waals surface area contributed by atoms with Crippen LogP contribution in [0.1, 0.15) is 41.4 Å². The number of aromatic nitrogens is 2. The van der Waals surface area contributed by atoms with Crippen LogP contribution in [-0.4, -0.2) is 15.6 Å². The summed E-state index contributed by atoms with van der Waals surface area (Å²) >= 11 is 0. The zero-order valence-corrected chi connectivity index (χ0v) is 15.0. The third-order valence-corrected chi connectivity index (χ3v) is 3.99. The second-order valence-corrected chi connectivity index (χ2v) is 6.31. The van der Waals surface area contributed by atoms with Crippen LogP contribution >= 0.6 is 0 Å². The van der Waals surface area contributed by atoms with Gasteiger partial charge in [0.25, 0.3) is 0 Å². The molecule has 4 heteroatoms. The molecule has 2 aromatic carbocycles. The number of para-hydroxylation sites is 1. The first kappa shape index (κ1) is 17.7. The molecule has 0 atom stereocenters. The molecular weight excluding hydrogens is 324 g/mol. The predicted molar refractivity (Wildman–Crippen MR) is 103 cm³/mol. The average Bonchev–Trinajstić information content (AvgIpc) is 3.16. The fourth-order valence-electron chi connectivity index (χ4n) is 2.49. The van der Waals surface area contributed by atoms with Crippen LogP contribution in [0.3, 0.4) is 0 Å². The minimum Gasteiger partial charge on any atom is -0.488 e. The molecule has 0 saturated heterocycles. The van der Waals surface area contributed by atoms with Gasteiger partial charge in [0, 0.05) is 17.8 Å². The number of rotatable bonds is 7. The molecule has 0 spiro atoms. The summed E-state index contributed by atoms with van der Waals surface area (Å²) in [6, 6.07) is 17.9. The van der Waals surface area contributed by atoms with Gasteiger partial charge in [0.1, 0.15) is 12.4 Å². The van der Waals surface area contributed by atoms with Crippen molar-refractivity contribution < 1.29 is 9.53 Å². The Morgan fingerprint density at radius 1 is 1.12 bits per heavy atom. The van der Waals surface area contributed by atoms with Crippen molar-refractivity contribution in [2.75, 3.05) is 0 Å². The number of carbonyl (C=O) groups is 1. The van der Waals surface area contributed by atoms with E-state index < -0.39 is 0 Å². The van der Waals surface area contributed by atoms with Crippen molar-refractivity contribution in [3.05, 3.63) is 89.8 Å². The summed E-state index contributed by atoms with van der Waals surface area (Å²) in [5.41, 5.74) is 2.55. The summed E-state index contributed by atoms with van der Waals surface area (Å²) < 4.78 is 7.69. The summed E-state index contributed by atoms with van der Waals surface area (Å²) in [4.78, 5) is 12.4. The second kappa shape index (κ2) is 8.30. The number of allylic oxidation sites excluding steroid dienone is 1. The molecule has 1 aromatic heterocycles. The lowest BCUT2D eigenvalue weighted by Gasteiger charge is -2.09. The second-order valence-electron chi connectivity index (χ2n) is 6.31. The summed E-state index contributed by atoms with van der Waals surface area (Å²) in [5.74, 6) is 0.674. The molecule has 0 radical (unpaired) electrons. The maximum absolute atomic E-state index is 12.4. The Balaban J connectivity index is 1.70. The number of hydrogen-bond donors (Lipinski definition) is 0. The van der Waals surface area contributed by atoms with E-state index in [1.165, 1.54) is 0 Å². The fraction of sp³-hybridized carbons (Fsp3) is 0.182. The molecule has 26 heavy (non-hydrogen) atoms. The van der Waals surface area contributed by atoms with Gasteiger partial charge in [-0.2, -0.15) is 5.10 Å². The maximum Gasteiger partial charge on any atom is 0.189 e. The first-order valence-corrected chi connectivity index (χ1v) is 8.66. The van der Waals surface area contributed by atoms with Crippen LogP contribution in [0.25, 0.3) is 6.08 Å². The van der Waals surface area contributed by atoms with E-state index in [4.69, 9.17) is 4.74 Å². The Morgan fingerprint density at radius 3 is 2.58 bits per heavy atom. The molecule has 0 unspecified atom stereocenters. The van der Waals surface area contributed by atoms with Gasteiger partial charge in [-0.05, 0) is 37.6 Å². The topological polar surface area (TPSA) is 44.1 Å². The van der Waals surface area contributed by atoms with Gasteiger partial charge in [-0.1, -0.05) is 48.5 Å². The molecule has 0 aliphatic rings. The van der Waals surface area contributed by atoms with Gasteiger partial charge in [0.05, 0.1) is 11.8 Å². The van der Waals surface area contributed by atoms with Gasteiger partial charge in [0.15, 0.2) is 5.78 Å². The SMILES string of the molecule is CC(C)n1cc(C(=O)C=Cc2ccccc2OCc2ccccc2)cn1. The van der Waals surface area contributed by atoms with E-state index in [-0.39, 0.29) is 11.8 Å². The predicted octanol–water partition coefficient (Wildman–Crippen LogP) is 4.94. The van der Waals surface area contributed by atoms with Crippen molar-refractivity contribution in [2.45, 2.75) is 26.5 Å². The number of ether oxygens (including phenoxy) is 1. The molecule has 0 aliphatic carbocycles. The third-order valence-electron chi connectivity index (χ3n) is 3.99. The van der Waals surface area contributed by atoms with Crippen molar-refractivity contribution in [3.8, 4) is 5.75 Å². The highest BCUT2D eigenvalue weighted by Crippen LogP contribution is 2.21. The van der Waals surface area contributed by atoms with Crippen molar-refractivity contribution in [2.24, 2.45) is 0 Å². The normalized spacial score (nSPS) is 11.2. The maximum atomic E-state index is 12.4. The molecule has 0 bridgehead atoms. The molecule has 0 N–H and O–H groups in total. The number of hydrogen-bond acceptors (Lipinski definition) is 3. The van der Waals surface area contributed by atoms with Gasteiger partial charge >= 0.3 is 0 Å². The van der Waals surface area contributed by atoms with Crippen molar-refractivity contribution in [3.63, 3.8) is 0 Å². The molecule has 1 heterocycles. The Kier molecular flexibility index (Phi) is 5.64. The number of benzene rings is 2. The number of nitrogens with zero attached hydrogens (tertiary/aromatic N) is 2. The van der Waals surface area contributed by atoms with Crippen LogP contribution in [0, 0.1) is 0 Å². The van der Waals surface area contributed by atoms with Crippen LogP contribution in [0.15, 0.2) is 73.1 Å². The van der Waals surface area contributed by atoms with Gasteiger partial charge < -0.3 is 4.74 Å². The van der Waals surface area contributed by atoms with E-state index in [0.717, 1.165) is 16.9 Å². The lowest BCUT2D eigenvalue weighted by molar-refractivity contribution is 0.104. The molecule has 132 valence electrons. The van der Waals surface area contributed by atoms with E-state index in [1.54, 1.807) is 29.2 Å². The minimum absolute atomic E-state index is 0.0743. The molecule has 0 aliphatic heterocycles.